The highest BCUT2D eigenvalue weighted by Gasteiger charge is 2.06. The number of hydrogen-bond acceptors (Lipinski definition) is 2. The molecule has 1 fully saturated rings. The summed E-state index contributed by atoms with van der Waals surface area (Å²) in [6, 6.07) is 2.70. The van der Waals surface area contributed by atoms with Crippen molar-refractivity contribution in [2.24, 2.45) is 0 Å². The predicted molar refractivity (Wildman–Crippen MR) is 66.0 cm³/mol. The van der Waals surface area contributed by atoms with E-state index in [4.69, 9.17) is 0 Å². The Kier molecular flexibility index (Phi) is 4.52. The number of hydrogen-bond donors (Lipinski definition) is 0. The van der Waals surface area contributed by atoms with Crippen molar-refractivity contribution in [2.45, 2.75) is 25.7 Å². The third-order valence-corrected chi connectivity index (χ3v) is 2.94. The Morgan fingerprint density at radius 3 is 2.71 bits per heavy atom. The zero-order valence-corrected chi connectivity index (χ0v) is 9.95. The standard InChI is InChI=1S/C14H17FN2/c15-13-7-8-16-14(12-13)6-5-11-17-9-3-1-2-4-10-17/h7-8,12H,1-4,9-11H2. The van der Waals surface area contributed by atoms with Gasteiger partial charge in [-0.25, -0.2) is 9.37 Å². The van der Waals surface area contributed by atoms with Gasteiger partial charge in [0.05, 0.1) is 6.54 Å². The first-order valence-corrected chi connectivity index (χ1v) is 6.17. The van der Waals surface area contributed by atoms with Crippen LogP contribution in [0.1, 0.15) is 31.4 Å². The second kappa shape index (κ2) is 6.36. The highest BCUT2D eigenvalue weighted by molar-refractivity contribution is 5.27. The summed E-state index contributed by atoms with van der Waals surface area (Å²) in [7, 11) is 0. The smallest absolute Gasteiger partial charge is 0.127 e. The predicted octanol–water partition coefficient (Wildman–Crippen LogP) is 2.45. The summed E-state index contributed by atoms with van der Waals surface area (Å²) in [5.41, 5.74) is 0.514. The highest BCUT2D eigenvalue weighted by Crippen LogP contribution is 2.08. The van der Waals surface area contributed by atoms with E-state index < -0.39 is 0 Å². The van der Waals surface area contributed by atoms with Crippen LogP contribution in [0.15, 0.2) is 18.3 Å². The molecule has 0 aromatic carbocycles. The average Bonchev–Trinajstić information content (AvgIpc) is 2.58. The lowest BCUT2D eigenvalue weighted by molar-refractivity contribution is 0.320. The van der Waals surface area contributed by atoms with Crippen molar-refractivity contribution in [3.63, 3.8) is 0 Å². The molecule has 3 heteroatoms. The van der Waals surface area contributed by atoms with Crippen LogP contribution in [0.4, 0.5) is 4.39 Å². The van der Waals surface area contributed by atoms with Gasteiger partial charge in [-0.2, -0.15) is 0 Å². The summed E-state index contributed by atoms with van der Waals surface area (Å²) in [4.78, 5) is 6.37. The third-order valence-electron chi connectivity index (χ3n) is 2.94. The van der Waals surface area contributed by atoms with Gasteiger partial charge in [0.2, 0.25) is 0 Å². The number of nitrogens with zero attached hydrogens (tertiary/aromatic N) is 2. The maximum absolute atomic E-state index is 12.9. The summed E-state index contributed by atoms with van der Waals surface area (Å²) in [5.74, 6) is 5.70. The zero-order chi connectivity index (χ0) is 11.9. The number of likely N-dealkylation sites (tertiary alicyclic amines) is 1. The SMILES string of the molecule is Fc1ccnc(C#CCN2CCCCCC2)c1. The van der Waals surface area contributed by atoms with E-state index in [1.54, 1.807) is 0 Å². The fourth-order valence-corrected chi connectivity index (χ4v) is 2.01. The van der Waals surface area contributed by atoms with E-state index in [9.17, 15) is 4.39 Å². The van der Waals surface area contributed by atoms with Crippen LogP contribution in [0.3, 0.4) is 0 Å². The van der Waals surface area contributed by atoms with E-state index in [0.29, 0.717) is 5.69 Å². The largest absolute Gasteiger partial charge is 0.292 e. The van der Waals surface area contributed by atoms with Gasteiger partial charge < -0.3 is 0 Å². The molecule has 0 saturated carbocycles. The Morgan fingerprint density at radius 1 is 1.24 bits per heavy atom. The molecule has 2 rings (SSSR count). The second-order valence-corrected chi connectivity index (χ2v) is 4.35. The molecular weight excluding hydrogens is 215 g/mol. The lowest BCUT2D eigenvalue weighted by Gasteiger charge is -2.15. The van der Waals surface area contributed by atoms with Crippen molar-refractivity contribution in [3.8, 4) is 11.8 Å². The minimum Gasteiger partial charge on any atom is -0.292 e. The van der Waals surface area contributed by atoms with Crippen LogP contribution in [-0.4, -0.2) is 29.5 Å². The van der Waals surface area contributed by atoms with Gasteiger partial charge in [0.25, 0.3) is 0 Å². The fourth-order valence-electron chi connectivity index (χ4n) is 2.01. The molecular formula is C14H17FN2. The first-order valence-electron chi connectivity index (χ1n) is 6.17. The molecule has 1 aliphatic heterocycles. The molecule has 17 heavy (non-hydrogen) atoms. The van der Waals surface area contributed by atoms with Crippen molar-refractivity contribution >= 4 is 0 Å². The zero-order valence-electron chi connectivity index (χ0n) is 9.95. The molecule has 0 unspecified atom stereocenters. The third kappa shape index (κ3) is 4.16. The van der Waals surface area contributed by atoms with Crippen LogP contribution in [0, 0.1) is 17.7 Å². The maximum Gasteiger partial charge on any atom is 0.127 e. The molecule has 1 aromatic rings. The van der Waals surface area contributed by atoms with Gasteiger partial charge in [-0.1, -0.05) is 18.8 Å². The minimum absolute atomic E-state index is 0.279. The van der Waals surface area contributed by atoms with Gasteiger partial charge in [0.15, 0.2) is 0 Å². The topological polar surface area (TPSA) is 16.1 Å². The van der Waals surface area contributed by atoms with Crippen molar-refractivity contribution in [1.29, 1.82) is 0 Å². The molecule has 0 N–H and O–H groups in total. The molecule has 0 bridgehead atoms. The Morgan fingerprint density at radius 2 is 2.00 bits per heavy atom. The Bertz CT molecular complexity index is 412. The van der Waals surface area contributed by atoms with Crippen molar-refractivity contribution in [3.05, 3.63) is 29.8 Å². The summed E-state index contributed by atoms with van der Waals surface area (Å²) in [6.45, 7) is 3.02. The summed E-state index contributed by atoms with van der Waals surface area (Å²) in [5, 5.41) is 0. The molecule has 0 spiro atoms. The Labute approximate surface area is 102 Å². The van der Waals surface area contributed by atoms with E-state index >= 15 is 0 Å². The van der Waals surface area contributed by atoms with Crippen LogP contribution in [0.5, 0.6) is 0 Å². The van der Waals surface area contributed by atoms with Crippen LogP contribution < -0.4 is 0 Å². The maximum atomic E-state index is 12.9. The van der Waals surface area contributed by atoms with Crippen LogP contribution in [0.25, 0.3) is 0 Å². The van der Waals surface area contributed by atoms with E-state index in [1.165, 1.54) is 44.0 Å². The van der Waals surface area contributed by atoms with Crippen LogP contribution in [-0.2, 0) is 0 Å². The number of aromatic nitrogens is 1. The van der Waals surface area contributed by atoms with Crippen molar-refractivity contribution < 1.29 is 4.39 Å². The van der Waals surface area contributed by atoms with Gasteiger partial charge >= 0.3 is 0 Å². The summed E-state index contributed by atoms with van der Waals surface area (Å²) < 4.78 is 12.9. The normalized spacial score (nSPS) is 17.0. The van der Waals surface area contributed by atoms with Gasteiger partial charge in [0.1, 0.15) is 11.5 Å². The lowest BCUT2D eigenvalue weighted by Crippen LogP contribution is -2.24. The monoisotopic (exact) mass is 232 g/mol. The molecule has 0 atom stereocenters. The second-order valence-electron chi connectivity index (χ2n) is 4.35. The minimum atomic E-state index is -0.279. The first-order chi connectivity index (χ1) is 8.34. The van der Waals surface area contributed by atoms with Crippen LogP contribution in [0.2, 0.25) is 0 Å². The molecule has 2 nitrogen and oxygen atoms in total. The molecule has 0 aliphatic carbocycles. The van der Waals surface area contributed by atoms with Crippen LogP contribution >= 0.6 is 0 Å². The van der Waals surface area contributed by atoms with Gasteiger partial charge in [-0.15, -0.1) is 0 Å². The number of rotatable bonds is 1. The number of pyridine rings is 1. The number of halogens is 1. The molecule has 90 valence electrons. The Hall–Kier alpha value is -1.40. The first kappa shape index (κ1) is 12.1. The lowest BCUT2D eigenvalue weighted by atomic mass is 10.2. The van der Waals surface area contributed by atoms with Gasteiger partial charge in [-0.3, -0.25) is 4.90 Å². The highest BCUT2D eigenvalue weighted by atomic mass is 19.1. The molecule has 1 saturated heterocycles. The molecule has 1 aliphatic rings. The summed E-state index contributed by atoms with van der Waals surface area (Å²) in [6.07, 6.45) is 6.63. The molecule has 0 radical (unpaired) electrons. The van der Waals surface area contributed by atoms with E-state index in [2.05, 4.69) is 21.7 Å². The molecule has 0 amide bonds. The molecule has 1 aromatic heterocycles. The van der Waals surface area contributed by atoms with Crippen molar-refractivity contribution in [1.82, 2.24) is 9.88 Å². The van der Waals surface area contributed by atoms with Crippen molar-refractivity contribution in [2.75, 3.05) is 19.6 Å². The average molecular weight is 232 g/mol. The van der Waals surface area contributed by atoms with E-state index in [-0.39, 0.29) is 5.82 Å². The Balaban J connectivity index is 1.88. The fraction of sp³-hybridized carbons (Fsp3) is 0.500. The quantitative estimate of drug-likeness (QED) is 0.691. The molecule has 2 heterocycles. The van der Waals surface area contributed by atoms with Gasteiger partial charge in [0, 0.05) is 12.3 Å². The van der Waals surface area contributed by atoms with E-state index in [0.717, 1.165) is 19.6 Å². The van der Waals surface area contributed by atoms with E-state index in [1.807, 2.05) is 0 Å². The van der Waals surface area contributed by atoms with Gasteiger partial charge in [-0.05, 0) is 37.9 Å². The summed E-state index contributed by atoms with van der Waals surface area (Å²) >= 11 is 0.